The molecule has 7 heteroatoms. The van der Waals surface area contributed by atoms with Crippen molar-refractivity contribution in [2.24, 2.45) is 5.73 Å². The molecule has 0 bridgehead atoms. The van der Waals surface area contributed by atoms with Crippen molar-refractivity contribution >= 4 is 17.8 Å². The minimum absolute atomic E-state index is 0.447. The van der Waals surface area contributed by atoms with Crippen LogP contribution in [0.25, 0.3) is 0 Å². The van der Waals surface area contributed by atoms with Crippen LogP contribution in [0, 0.1) is 0 Å². The second-order valence-corrected chi connectivity index (χ2v) is 1.88. The highest BCUT2D eigenvalue weighted by Crippen LogP contribution is 1.83. The normalized spacial score (nSPS) is 9.50. The zero-order chi connectivity index (χ0) is 9.72. The number of nitrogens with two attached hydrogens (primary N) is 1. The van der Waals surface area contributed by atoms with Crippen LogP contribution in [0.15, 0.2) is 0 Å². The summed E-state index contributed by atoms with van der Waals surface area (Å²) in [6, 6.07) is -1.93. The van der Waals surface area contributed by atoms with E-state index in [2.05, 4.69) is 0 Å². The number of nitrogens with one attached hydrogen (secondary N) is 1. The zero-order valence-corrected chi connectivity index (χ0v) is 5.98. The number of carbonyl (C=O) groups is 3. The second-order valence-electron chi connectivity index (χ2n) is 1.88. The molecule has 0 spiro atoms. The Morgan fingerprint density at radius 1 is 1.25 bits per heavy atom. The molecule has 68 valence electrons. The quantitative estimate of drug-likeness (QED) is 0.353. The molecule has 0 atom stereocenters. The van der Waals surface area contributed by atoms with Gasteiger partial charge in [-0.25, -0.2) is 9.59 Å². The molecule has 7 nitrogen and oxygen atoms in total. The molecule has 12 heavy (non-hydrogen) atoms. The molecule has 0 rings (SSSR count). The lowest BCUT2D eigenvalue weighted by Crippen LogP contribution is -2.48. The lowest BCUT2D eigenvalue weighted by Gasteiger charge is -2.07. The van der Waals surface area contributed by atoms with E-state index in [0.29, 0.717) is 0 Å². The van der Waals surface area contributed by atoms with E-state index in [1.165, 1.54) is 0 Å². The topological polar surface area (TPSA) is 130 Å². The third-order valence-electron chi connectivity index (χ3n) is 0.985. The van der Waals surface area contributed by atoms with Gasteiger partial charge in [0.05, 0.1) is 6.54 Å². The first-order valence-electron chi connectivity index (χ1n) is 2.94. The van der Waals surface area contributed by atoms with E-state index in [0.717, 1.165) is 0 Å². The summed E-state index contributed by atoms with van der Waals surface area (Å²) < 4.78 is 0. The summed E-state index contributed by atoms with van der Waals surface area (Å²) in [6.45, 7) is -0.447. The standard InChI is InChI=1S/C5H8N2O5/c6-1-2(8)7-3(4(9)10)5(11)12/h3H,1,6H2,(H,7,8)(H,9,10)(H,11,12). The van der Waals surface area contributed by atoms with Gasteiger partial charge in [0.2, 0.25) is 11.9 Å². The van der Waals surface area contributed by atoms with Gasteiger partial charge >= 0.3 is 11.9 Å². The number of carboxylic acids is 2. The smallest absolute Gasteiger partial charge is 0.338 e. The van der Waals surface area contributed by atoms with E-state index < -0.39 is 30.4 Å². The molecule has 0 aliphatic carbocycles. The molecule has 0 aliphatic heterocycles. The monoisotopic (exact) mass is 176 g/mol. The van der Waals surface area contributed by atoms with Crippen LogP contribution >= 0.6 is 0 Å². The van der Waals surface area contributed by atoms with Crippen LogP contribution in [0.5, 0.6) is 0 Å². The molecule has 0 saturated carbocycles. The van der Waals surface area contributed by atoms with Gasteiger partial charge in [0, 0.05) is 0 Å². The Morgan fingerprint density at radius 3 is 1.92 bits per heavy atom. The summed E-state index contributed by atoms with van der Waals surface area (Å²) in [5.41, 5.74) is 4.82. The average Bonchev–Trinajstić information content (AvgIpc) is 1.98. The molecule has 0 aromatic heterocycles. The van der Waals surface area contributed by atoms with Gasteiger partial charge in [-0.3, -0.25) is 4.79 Å². The summed E-state index contributed by atoms with van der Waals surface area (Å²) in [4.78, 5) is 30.8. The molecular formula is C5H8N2O5. The number of hydrogen-bond acceptors (Lipinski definition) is 4. The second kappa shape index (κ2) is 4.29. The highest BCUT2D eigenvalue weighted by Gasteiger charge is 2.26. The van der Waals surface area contributed by atoms with Gasteiger partial charge in [0.25, 0.3) is 0 Å². The minimum atomic E-state index is -1.93. The van der Waals surface area contributed by atoms with E-state index in [1.807, 2.05) is 0 Å². The zero-order valence-electron chi connectivity index (χ0n) is 5.98. The molecule has 0 aromatic carbocycles. The van der Waals surface area contributed by atoms with Crippen molar-refractivity contribution < 1.29 is 24.6 Å². The summed E-state index contributed by atoms with van der Waals surface area (Å²) in [7, 11) is 0. The van der Waals surface area contributed by atoms with Crippen LogP contribution in [-0.4, -0.2) is 40.6 Å². The Morgan fingerprint density at radius 2 is 1.67 bits per heavy atom. The van der Waals surface area contributed by atoms with Crippen molar-refractivity contribution in [3.63, 3.8) is 0 Å². The van der Waals surface area contributed by atoms with Crippen molar-refractivity contribution in [3.8, 4) is 0 Å². The van der Waals surface area contributed by atoms with Crippen molar-refractivity contribution in [1.29, 1.82) is 0 Å². The van der Waals surface area contributed by atoms with Gasteiger partial charge in [-0.2, -0.15) is 0 Å². The van der Waals surface area contributed by atoms with Gasteiger partial charge in [0.1, 0.15) is 0 Å². The summed E-state index contributed by atoms with van der Waals surface area (Å²) in [5, 5.41) is 18.2. The number of rotatable bonds is 4. The van der Waals surface area contributed by atoms with Crippen LogP contribution < -0.4 is 11.1 Å². The Hall–Kier alpha value is -1.63. The summed E-state index contributed by atoms with van der Waals surface area (Å²) in [5.74, 6) is -4.10. The van der Waals surface area contributed by atoms with Crippen LogP contribution in [-0.2, 0) is 14.4 Å². The van der Waals surface area contributed by atoms with Crippen LogP contribution in [0.2, 0.25) is 0 Å². The minimum Gasteiger partial charge on any atom is -0.479 e. The molecule has 0 saturated heterocycles. The maximum atomic E-state index is 10.5. The van der Waals surface area contributed by atoms with E-state index in [4.69, 9.17) is 15.9 Å². The highest BCUT2D eigenvalue weighted by atomic mass is 16.4. The van der Waals surface area contributed by atoms with Crippen molar-refractivity contribution in [2.45, 2.75) is 6.04 Å². The molecule has 0 radical (unpaired) electrons. The number of carbonyl (C=O) groups excluding carboxylic acids is 1. The lowest BCUT2D eigenvalue weighted by atomic mass is 10.3. The van der Waals surface area contributed by atoms with Gasteiger partial charge < -0.3 is 21.3 Å². The Labute approximate surface area is 67.2 Å². The number of amides is 1. The van der Waals surface area contributed by atoms with Crippen LogP contribution in [0.4, 0.5) is 0 Å². The van der Waals surface area contributed by atoms with Crippen molar-refractivity contribution in [1.82, 2.24) is 5.32 Å². The van der Waals surface area contributed by atoms with E-state index in [1.54, 1.807) is 5.32 Å². The van der Waals surface area contributed by atoms with Gasteiger partial charge in [-0.1, -0.05) is 0 Å². The van der Waals surface area contributed by atoms with E-state index >= 15 is 0 Å². The first kappa shape index (κ1) is 10.4. The lowest BCUT2D eigenvalue weighted by molar-refractivity contribution is -0.152. The number of aliphatic carboxylic acids is 2. The Balaban J connectivity index is 4.24. The fraction of sp³-hybridized carbons (Fsp3) is 0.400. The van der Waals surface area contributed by atoms with E-state index in [9.17, 15) is 14.4 Å². The Bertz CT molecular complexity index is 200. The summed E-state index contributed by atoms with van der Waals surface area (Å²) in [6.07, 6.45) is 0. The average molecular weight is 176 g/mol. The van der Waals surface area contributed by atoms with Crippen LogP contribution in [0.1, 0.15) is 0 Å². The molecular weight excluding hydrogens is 168 g/mol. The predicted octanol–water partition coefficient (Wildman–Crippen LogP) is -2.40. The Kier molecular flexibility index (Phi) is 3.71. The number of carboxylic acid groups (broad SMARTS) is 2. The third kappa shape index (κ3) is 2.97. The maximum Gasteiger partial charge on any atom is 0.338 e. The molecule has 0 heterocycles. The van der Waals surface area contributed by atoms with Crippen molar-refractivity contribution in [2.75, 3.05) is 6.54 Å². The van der Waals surface area contributed by atoms with Gasteiger partial charge in [-0.15, -0.1) is 0 Å². The molecule has 0 unspecified atom stereocenters. The van der Waals surface area contributed by atoms with Crippen LogP contribution in [0.3, 0.4) is 0 Å². The first-order valence-corrected chi connectivity index (χ1v) is 2.94. The molecule has 0 aliphatic rings. The first-order chi connectivity index (χ1) is 5.49. The maximum absolute atomic E-state index is 10.5. The van der Waals surface area contributed by atoms with Crippen molar-refractivity contribution in [3.05, 3.63) is 0 Å². The summed E-state index contributed by atoms with van der Waals surface area (Å²) >= 11 is 0. The van der Waals surface area contributed by atoms with E-state index in [-0.39, 0.29) is 0 Å². The predicted molar refractivity (Wildman–Crippen MR) is 36.3 cm³/mol. The largest absolute Gasteiger partial charge is 0.479 e. The third-order valence-corrected chi connectivity index (χ3v) is 0.985. The molecule has 0 fully saturated rings. The SMILES string of the molecule is NCC(=O)NC(C(=O)O)C(=O)O. The number of hydrogen-bond donors (Lipinski definition) is 4. The van der Waals surface area contributed by atoms with Gasteiger partial charge in [-0.05, 0) is 0 Å². The molecule has 1 amide bonds. The fourth-order valence-corrected chi connectivity index (χ4v) is 0.449. The van der Waals surface area contributed by atoms with Gasteiger partial charge in [0.15, 0.2) is 0 Å². The molecule has 5 N–H and O–H groups in total. The highest BCUT2D eigenvalue weighted by molar-refractivity contribution is 6.00. The fourth-order valence-electron chi connectivity index (χ4n) is 0.449. The molecule has 0 aromatic rings.